The summed E-state index contributed by atoms with van der Waals surface area (Å²) in [6, 6.07) is 0.376. The molecule has 0 aromatic carbocycles. The van der Waals surface area contributed by atoms with Crippen LogP contribution in [0.1, 0.15) is 12.8 Å². The van der Waals surface area contributed by atoms with Crippen LogP contribution in [0.3, 0.4) is 0 Å². The molecule has 0 aliphatic carbocycles. The van der Waals surface area contributed by atoms with Gasteiger partial charge in [-0.1, -0.05) is 0 Å². The van der Waals surface area contributed by atoms with Crippen molar-refractivity contribution in [2.24, 2.45) is 5.92 Å². The topological polar surface area (TPSA) is 41.6 Å². The smallest absolute Gasteiger partial charge is 0.409 e. The van der Waals surface area contributed by atoms with Gasteiger partial charge in [0.2, 0.25) is 0 Å². The second-order valence-corrected chi connectivity index (χ2v) is 3.79. The van der Waals surface area contributed by atoms with Crippen LogP contribution >= 0.6 is 0 Å². The van der Waals surface area contributed by atoms with Gasteiger partial charge in [-0.3, -0.25) is 0 Å². The number of amides is 1. The molecule has 1 amide bonds. The van der Waals surface area contributed by atoms with E-state index in [1.54, 1.807) is 0 Å². The van der Waals surface area contributed by atoms with Crippen molar-refractivity contribution in [1.82, 2.24) is 10.2 Å². The molecule has 0 aromatic heterocycles. The van der Waals surface area contributed by atoms with Crippen LogP contribution < -0.4 is 5.32 Å². The van der Waals surface area contributed by atoms with Crippen molar-refractivity contribution in [3.8, 4) is 0 Å². The van der Waals surface area contributed by atoms with Crippen LogP contribution in [0.5, 0.6) is 0 Å². The maximum absolute atomic E-state index is 11.4. The van der Waals surface area contributed by atoms with Crippen molar-refractivity contribution in [3.05, 3.63) is 0 Å². The van der Waals surface area contributed by atoms with Crippen molar-refractivity contribution in [2.45, 2.75) is 18.9 Å². The zero-order valence-corrected chi connectivity index (χ0v) is 7.95. The van der Waals surface area contributed by atoms with Crippen LogP contribution in [0, 0.1) is 5.92 Å². The highest BCUT2D eigenvalue weighted by Gasteiger charge is 2.37. The molecule has 2 aliphatic heterocycles. The lowest BCUT2D eigenvalue weighted by molar-refractivity contribution is 0.0811. The Morgan fingerprint density at radius 3 is 3.15 bits per heavy atom. The van der Waals surface area contributed by atoms with Gasteiger partial charge in [0, 0.05) is 19.6 Å². The third kappa shape index (κ3) is 1.50. The number of rotatable bonds is 0. The first-order valence-electron chi connectivity index (χ1n) is 4.88. The molecule has 2 heterocycles. The first-order valence-corrected chi connectivity index (χ1v) is 4.88. The van der Waals surface area contributed by atoms with Crippen molar-refractivity contribution in [1.29, 1.82) is 0 Å². The fraction of sp³-hybridized carbons (Fsp3) is 0.889. The molecule has 2 fully saturated rings. The average molecular weight is 184 g/mol. The number of likely N-dealkylation sites (tertiary alicyclic amines) is 1. The lowest BCUT2D eigenvalue weighted by Crippen LogP contribution is -2.48. The van der Waals surface area contributed by atoms with E-state index in [1.165, 1.54) is 13.5 Å². The maximum Gasteiger partial charge on any atom is 0.409 e. The number of hydrogen-bond acceptors (Lipinski definition) is 3. The first kappa shape index (κ1) is 8.81. The summed E-state index contributed by atoms with van der Waals surface area (Å²) >= 11 is 0. The number of hydrogen-bond donors (Lipinski definition) is 1. The van der Waals surface area contributed by atoms with Crippen LogP contribution in [-0.4, -0.2) is 43.8 Å². The fourth-order valence-corrected chi connectivity index (χ4v) is 2.41. The Balaban J connectivity index is 2.05. The van der Waals surface area contributed by atoms with E-state index in [4.69, 9.17) is 4.74 Å². The molecule has 1 N–H and O–H groups in total. The summed E-state index contributed by atoms with van der Waals surface area (Å²) in [6.07, 6.45) is 2.18. The summed E-state index contributed by atoms with van der Waals surface area (Å²) in [6.45, 7) is 2.84. The summed E-state index contributed by atoms with van der Waals surface area (Å²) in [5, 5.41) is 3.32. The van der Waals surface area contributed by atoms with Gasteiger partial charge in [-0.15, -0.1) is 0 Å². The Hall–Kier alpha value is -0.770. The third-order valence-electron chi connectivity index (χ3n) is 3.09. The molecule has 74 valence electrons. The van der Waals surface area contributed by atoms with E-state index in [2.05, 4.69) is 5.32 Å². The molecule has 2 rings (SSSR count). The van der Waals surface area contributed by atoms with Crippen LogP contribution in [0.4, 0.5) is 4.79 Å². The SMILES string of the molecule is COC(=O)N1CCCC2CNCC21. The summed E-state index contributed by atoms with van der Waals surface area (Å²) in [7, 11) is 1.45. The van der Waals surface area contributed by atoms with E-state index in [-0.39, 0.29) is 6.09 Å². The normalized spacial score (nSPS) is 32.8. The van der Waals surface area contributed by atoms with E-state index in [0.29, 0.717) is 12.0 Å². The van der Waals surface area contributed by atoms with E-state index >= 15 is 0 Å². The average Bonchev–Trinajstić information content (AvgIpc) is 2.63. The molecule has 0 bridgehead atoms. The van der Waals surface area contributed by atoms with Gasteiger partial charge in [0.15, 0.2) is 0 Å². The Labute approximate surface area is 78.2 Å². The lowest BCUT2D eigenvalue weighted by Gasteiger charge is -2.35. The summed E-state index contributed by atoms with van der Waals surface area (Å²) < 4.78 is 4.76. The molecular weight excluding hydrogens is 168 g/mol. The molecule has 4 nitrogen and oxygen atoms in total. The minimum atomic E-state index is -0.168. The molecule has 13 heavy (non-hydrogen) atoms. The van der Waals surface area contributed by atoms with Gasteiger partial charge in [-0.05, 0) is 18.8 Å². The maximum atomic E-state index is 11.4. The van der Waals surface area contributed by atoms with E-state index in [0.717, 1.165) is 26.1 Å². The van der Waals surface area contributed by atoms with Crippen molar-refractivity contribution in [2.75, 3.05) is 26.7 Å². The summed E-state index contributed by atoms with van der Waals surface area (Å²) in [4.78, 5) is 13.3. The Kier molecular flexibility index (Phi) is 2.40. The van der Waals surface area contributed by atoms with Crippen molar-refractivity contribution >= 4 is 6.09 Å². The molecule has 2 aliphatic rings. The monoisotopic (exact) mass is 184 g/mol. The number of nitrogens with one attached hydrogen (secondary N) is 1. The predicted molar refractivity (Wildman–Crippen MR) is 48.5 cm³/mol. The van der Waals surface area contributed by atoms with Crippen LogP contribution in [0.15, 0.2) is 0 Å². The molecule has 0 aromatic rings. The largest absolute Gasteiger partial charge is 0.453 e. The predicted octanol–water partition coefficient (Wildman–Crippen LogP) is 0.437. The van der Waals surface area contributed by atoms with Gasteiger partial charge in [0.25, 0.3) is 0 Å². The van der Waals surface area contributed by atoms with Gasteiger partial charge >= 0.3 is 6.09 Å². The van der Waals surface area contributed by atoms with Crippen molar-refractivity contribution in [3.63, 3.8) is 0 Å². The second-order valence-electron chi connectivity index (χ2n) is 3.79. The molecule has 0 radical (unpaired) electrons. The summed E-state index contributed by atoms with van der Waals surface area (Å²) in [5.41, 5.74) is 0. The molecular formula is C9H16N2O2. The van der Waals surface area contributed by atoms with Crippen LogP contribution in [0.25, 0.3) is 0 Å². The zero-order valence-electron chi connectivity index (χ0n) is 7.95. The van der Waals surface area contributed by atoms with Gasteiger partial charge in [-0.2, -0.15) is 0 Å². The Morgan fingerprint density at radius 1 is 1.54 bits per heavy atom. The number of ether oxygens (including phenoxy) is 1. The number of methoxy groups -OCH3 is 1. The van der Waals surface area contributed by atoms with Crippen LogP contribution in [-0.2, 0) is 4.74 Å². The van der Waals surface area contributed by atoms with Gasteiger partial charge in [0.1, 0.15) is 0 Å². The quantitative estimate of drug-likeness (QED) is 0.594. The Bertz CT molecular complexity index is 208. The lowest BCUT2D eigenvalue weighted by atomic mass is 9.92. The number of piperidine rings is 1. The second kappa shape index (κ2) is 3.54. The minimum absolute atomic E-state index is 0.168. The number of nitrogens with zero attached hydrogens (tertiary/aromatic N) is 1. The fourth-order valence-electron chi connectivity index (χ4n) is 2.41. The molecule has 0 saturated carbocycles. The highest BCUT2D eigenvalue weighted by atomic mass is 16.5. The van der Waals surface area contributed by atoms with Gasteiger partial charge in [-0.25, -0.2) is 4.79 Å². The van der Waals surface area contributed by atoms with E-state index in [9.17, 15) is 4.79 Å². The minimum Gasteiger partial charge on any atom is -0.453 e. The first-order chi connectivity index (χ1) is 6.33. The molecule has 4 heteroatoms. The number of carbonyl (C=O) groups excluding carboxylic acids is 1. The van der Waals surface area contributed by atoms with Crippen LogP contribution in [0.2, 0.25) is 0 Å². The highest BCUT2D eigenvalue weighted by Crippen LogP contribution is 2.26. The standard InChI is InChI=1S/C9H16N2O2/c1-13-9(12)11-4-2-3-7-5-10-6-8(7)11/h7-8,10H,2-6H2,1H3. The molecule has 2 atom stereocenters. The number of carbonyl (C=O) groups is 1. The molecule has 2 unspecified atom stereocenters. The van der Waals surface area contributed by atoms with E-state index in [1.807, 2.05) is 4.90 Å². The zero-order chi connectivity index (χ0) is 9.26. The highest BCUT2D eigenvalue weighted by molar-refractivity contribution is 5.68. The third-order valence-corrected chi connectivity index (χ3v) is 3.09. The molecule has 2 saturated heterocycles. The number of fused-ring (bicyclic) bond motifs is 1. The van der Waals surface area contributed by atoms with Crippen molar-refractivity contribution < 1.29 is 9.53 Å². The Morgan fingerprint density at radius 2 is 2.38 bits per heavy atom. The summed E-state index contributed by atoms with van der Waals surface area (Å²) in [5.74, 6) is 0.646. The van der Waals surface area contributed by atoms with Gasteiger partial charge in [0.05, 0.1) is 13.2 Å². The molecule has 0 spiro atoms. The van der Waals surface area contributed by atoms with E-state index < -0.39 is 0 Å². The van der Waals surface area contributed by atoms with Gasteiger partial charge < -0.3 is 15.0 Å².